The van der Waals surface area contributed by atoms with Crippen LogP contribution in [-0.4, -0.2) is 4.98 Å². The van der Waals surface area contributed by atoms with Gasteiger partial charge in [-0.05, 0) is 18.1 Å². The Hall–Kier alpha value is -1.23. The first kappa shape index (κ1) is 12.2. The van der Waals surface area contributed by atoms with E-state index in [2.05, 4.69) is 34.6 Å². The normalized spacial score (nSPS) is 10.7. The predicted molar refractivity (Wildman–Crippen MR) is 71.7 cm³/mol. The number of hydrogen-bond donors (Lipinski definition) is 2. The molecule has 3 nitrogen and oxygen atoms in total. The number of hydrogen-bond acceptors (Lipinski definition) is 4. The standard InChI is InChI=1S/C13H17N3S/c1-10-13(17-9-16-10)8-15-7-12-4-2-11(6-14)3-5-12/h2-5,9,15H,6-8,14H2,1H3. The fraction of sp³-hybridized carbons (Fsp3) is 0.308. The van der Waals surface area contributed by atoms with Crippen LogP contribution in [-0.2, 0) is 19.6 Å². The summed E-state index contributed by atoms with van der Waals surface area (Å²) < 4.78 is 0. The van der Waals surface area contributed by atoms with Gasteiger partial charge in [0.1, 0.15) is 0 Å². The van der Waals surface area contributed by atoms with Crippen LogP contribution in [0.3, 0.4) is 0 Å². The largest absolute Gasteiger partial charge is 0.326 e. The summed E-state index contributed by atoms with van der Waals surface area (Å²) in [5.74, 6) is 0. The molecule has 2 rings (SSSR count). The van der Waals surface area contributed by atoms with E-state index in [4.69, 9.17) is 5.73 Å². The minimum atomic E-state index is 0.605. The van der Waals surface area contributed by atoms with Gasteiger partial charge in [-0.2, -0.15) is 0 Å². The molecule has 0 atom stereocenters. The lowest BCUT2D eigenvalue weighted by Gasteiger charge is -2.05. The number of aromatic nitrogens is 1. The van der Waals surface area contributed by atoms with Crippen LogP contribution in [0.5, 0.6) is 0 Å². The molecule has 90 valence electrons. The molecule has 0 unspecified atom stereocenters. The van der Waals surface area contributed by atoms with Gasteiger partial charge < -0.3 is 11.1 Å². The molecular weight excluding hydrogens is 230 g/mol. The highest BCUT2D eigenvalue weighted by molar-refractivity contribution is 7.09. The highest BCUT2D eigenvalue weighted by Gasteiger charge is 2.00. The topological polar surface area (TPSA) is 50.9 Å². The van der Waals surface area contributed by atoms with E-state index in [0.29, 0.717) is 6.54 Å². The Labute approximate surface area is 106 Å². The van der Waals surface area contributed by atoms with Crippen molar-refractivity contribution in [3.63, 3.8) is 0 Å². The Balaban J connectivity index is 1.83. The van der Waals surface area contributed by atoms with Crippen molar-refractivity contribution in [3.05, 3.63) is 51.5 Å². The van der Waals surface area contributed by atoms with Crippen LogP contribution in [0.2, 0.25) is 0 Å². The summed E-state index contributed by atoms with van der Waals surface area (Å²) in [6, 6.07) is 8.40. The van der Waals surface area contributed by atoms with Gasteiger partial charge in [-0.25, -0.2) is 4.98 Å². The summed E-state index contributed by atoms with van der Waals surface area (Å²) in [4.78, 5) is 5.54. The highest BCUT2D eigenvalue weighted by atomic mass is 32.1. The fourth-order valence-electron chi connectivity index (χ4n) is 1.61. The van der Waals surface area contributed by atoms with Gasteiger partial charge in [0.2, 0.25) is 0 Å². The number of rotatable bonds is 5. The molecule has 0 saturated carbocycles. The average Bonchev–Trinajstić information content (AvgIpc) is 2.76. The zero-order chi connectivity index (χ0) is 12.1. The van der Waals surface area contributed by atoms with Crippen LogP contribution in [0, 0.1) is 6.92 Å². The summed E-state index contributed by atoms with van der Waals surface area (Å²) in [5.41, 5.74) is 11.0. The first-order valence-electron chi connectivity index (χ1n) is 5.67. The smallest absolute Gasteiger partial charge is 0.0798 e. The molecule has 0 amide bonds. The summed E-state index contributed by atoms with van der Waals surface area (Å²) in [6.45, 7) is 4.41. The molecule has 1 aromatic heterocycles. The predicted octanol–water partition coefficient (Wildman–Crippen LogP) is 2.20. The van der Waals surface area contributed by atoms with Crippen molar-refractivity contribution >= 4 is 11.3 Å². The second-order valence-corrected chi connectivity index (χ2v) is 4.92. The number of benzene rings is 1. The summed E-state index contributed by atoms with van der Waals surface area (Å²) in [7, 11) is 0. The van der Waals surface area contributed by atoms with Crippen molar-refractivity contribution in [2.45, 2.75) is 26.6 Å². The number of nitrogens with two attached hydrogens (primary N) is 1. The van der Waals surface area contributed by atoms with Gasteiger partial charge in [0.15, 0.2) is 0 Å². The quantitative estimate of drug-likeness (QED) is 0.851. The van der Waals surface area contributed by atoms with Gasteiger partial charge in [0, 0.05) is 24.5 Å². The molecule has 0 aliphatic carbocycles. The van der Waals surface area contributed by atoms with E-state index in [1.807, 2.05) is 12.4 Å². The van der Waals surface area contributed by atoms with Gasteiger partial charge in [-0.15, -0.1) is 11.3 Å². The zero-order valence-corrected chi connectivity index (χ0v) is 10.8. The highest BCUT2D eigenvalue weighted by Crippen LogP contribution is 2.11. The number of nitrogens with one attached hydrogen (secondary N) is 1. The molecule has 4 heteroatoms. The summed E-state index contributed by atoms with van der Waals surface area (Å²) >= 11 is 1.70. The average molecular weight is 247 g/mol. The van der Waals surface area contributed by atoms with Gasteiger partial charge in [-0.1, -0.05) is 24.3 Å². The molecule has 17 heavy (non-hydrogen) atoms. The lowest BCUT2D eigenvalue weighted by molar-refractivity contribution is 0.697. The Kier molecular flexibility index (Phi) is 4.25. The fourth-order valence-corrected chi connectivity index (χ4v) is 2.36. The molecule has 1 heterocycles. The molecule has 0 radical (unpaired) electrons. The van der Waals surface area contributed by atoms with Crippen LogP contribution in [0.4, 0.5) is 0 Å². The molecule has 0 aliphatic rings. The molecule has 0 saturated heterocycles. The van der Waals surface area contributed by atoms with Crippen molar-refractivity contribution in [2.24, 2.45) is 5.73 Å². The van der Waals surface area contributed by atoms with E-state index >= 15 is 0 Å². The van der Waals surface area contributed by atoms with E-state index in [9.17, 15) is 0 Å². The molecule has 3 N–H and O–H groups in total. The Morgan fingerprint density at radius 2 is 1.88 bits per heavy atom. The summed E-state index contributed by atoms with van der Waals surface area (Å²) in [6.07, 6.45) is 0. The molecule has 1 aromatic carbocycles. The van der Waals surface area contributed by atoms with Crippen molar-refractivity contribution in [1.29, 1.82) is 0 Å². The van der Waals surface area contributed by atoms with E-state index in [1.54, 1.807) is 11.3 Å². The Morgan fingerprint density at radius 1 is 1.18 bits per heavy atom. The van der Waals surface area contributed by atoms with Crippen LogP contribution in [0.25, 0.3) is 0 Å². The third-order valence-corrected chi connectivity index (χ3v) is 3.65. The first-order chi connectivity index (χ1) is 8.29. The van der Waals surface area contributed by atoms with Crippen LogP contribution in [0.15, 0.2) is 29.8 Å². The molecule has 0 fully saturated rings. The minimum absolute atomic E-state index is 0.605. The SMILES string of the molecule is Cc1ncsc1CNCc1ccc(CN)cc1. The second kappa shape index (κ2) is 5.91. The maximum absolute atomic E-state index is 5.56. The summed E-state index contributed by atoms with van der Waals surface area (Å²) in [5, 5.41) is 3.42. The monoisotopic (exact) mass is 247 g/mol. The number of aryl methyl sites for hydroxylation is 1. The second-order valence-electron chi connectivity index (χ2n) is 3.99. The van der Waals surface area contributed by atoms with Gasteiger partial charge in [-0.3, -0.25) is 0 Å². The maximum atomic E-state index is 5.56. The molecule has 0 aliphatic heterocycles. The Bertz CT molecular complexity index is 462. The van der Waals surface area contributed by atoms with Crippen molar-refractivity contribution < 1.29 is 0 Å². The number of nitrogens with zero attached hydrogens (tertiary/aromatic N) is 1. The van der Waals surface area contributed by atoms with E-state index in [1.165, 1.54) is 16.0 Å². The minimum Gasteiger partial charge on any atom is -0.326 e. The van der Waals surface area contributed by atoms with Crippen molar-refractivity contribution in [3.8, 4) is 0 Å². The third kappa shape index (κ3) is 3.36. The molecular formula is C13H17N3S. The maximum Gasteiger partial charge on any atom is 0.0798 e. The van der Waals surface area contributed by atoms with Crippen LogP contribution >= 0.6 is 11.3 Å². The van der Waals surface area contributed by atoms with Gasteiger partial charge >= 0.3 is 0 Å². The van der Waals surface area contributed by atoms with Crippen LogP contribution < -0.4 is 11.1 Å². The van der Waals surface area contributed by atoms with E-state index in [-0.39, 0.29) is 0 Å². The number of thiazole rings is 1. The zero-order valence-electron chi connectivity index (χ0n) is 9.94. The van der Waals surface area contributed by atoms with Gasteiger partial charge in [0.05, 0.1) is 11.2 Å². The van der Waals surface area contributed by atoms with Crippen molar-refractivity contribution in [1.82, 2.24) is 10.3 Å². The molecule has 0 bridgehead atoms. The van der Waals surface area contributed by atoms with E-state index in [0.717, 1.165) is 18.8 Å². The van der Waals surface area contributed by atoms with Crippen LogP contribution in [0.1, 0.15) is 21.7 Å². The lowest BCUT2D eigenvalue weighted by atomic mass is 10.1. The first-order valence-corrected chi connectivity index (χ1v) is 6.55. The third-order valence-electron chi connectivity index (χ3n) is 2.72. The molecule has 0 spiro atoms. The van der Waals surface area contributed by atoms with E-state index < -0.39 is 0 Å². The van der Waals surface area contributed by atoms with Gasteiger partial charge in [0.25, 0.3) is 0 Å². The van der Waals surface area contributed by atoms with Crippen molar-refractivity contribution in [2.75, 3.05) is 0 Å². The molecule has 2 aromatic rings. The lowest BCUT2D eigenvalue weighted by Crippen LogP contribution is -2.12. The Morgan fingerprint density at radius 3 is 2.47 bits per heavy atom.